The molecular weight excluding hydrogens is 240 g/mol. The van der Waals surface area contributed by atoms with Gasteiger partial charge in [-0.3, -0.25) is 0 Å². The first kappa shape index (κ1) is 21.5. The smallest absolute Gasteiger partial charge is 1.00 e. The van der Waals surface area contributed by atoms with E-state index in [1.807, 2.05) is 0 Å². The number of halogens is 1. The summed E-state index contributed by atoms with van der Waals surface area (Å²) in [6, 6.07) is 0.976. The van der Waals surface area contributed by atoms with Crippen molar-refractivity contribution in [1.29, 1.82) is 0 Å². The summed E-state index contributed by atoms with van der Waals surface area (Å²) in [6.07, 6.45) is 1.39. The molecule has 0 atom stereocenters. The third-order valence-electron chi connectivity index (χ3n) is 1.60. The molecule has 0 saturated carbocycles. The van der Waals surface area contributed by atoms with Gasteiger partial charge in [-0.15, -0.1) is 0 Å². The van der Waals surface area contributed by atoms with Crippen LogP contribution in [0.25, 0.3) is 0 Å². The molecule has 0 spiro atoms. The van der Waals surface area contributed by atoms with Crippen molar-refractivity contribution in [1.82, 2.24) is 0 Å². The van der Waals surface area contributed by atoms with E-state index in [0.717, 1.165) is 12.5 Å². The predicted molar refractivity (Wildman–Crippen MR) is 64.6 cm³/mol. The second-order valence-electron chi connectivity index (χ2n) is 4.07. The molecule has 0 aromatic carbocycles. The molecule has 0 amide bonds. The standard InChI is InChI=1S/C10H23O2Si.ClH.Mg/c1-7-8-13(6,11-9(2)3)12-10(4)5;;/h9-10H,1,7-8H2,2-6H3;1H;/q-1;;+2/p-1. The molecule has 0 fully saturated rings. The van der Waals surface area contributed by atoms with Gasteiger partial charge in [0, 0.05) is 12.2 Å². The largest absolute Gasteiger partial charge is 2.00 e. The fourth-order valence-electron chi connectivity index (χ4n) is 1.46. The molecule has 0 aromatic rings. The van der Waals surface area contributed by atoms with Gasteiger partial charge >= 0.3 is 31.6 Å². The minimum Gasteiger partial charge on any atom is -1.00 e. The van der Waals surface area contributed by atoms with Gasteiger partial charge in [0.2, 0.25) is 0 Å². The molecular formula is C10H23ClMgO2Si. The zero-order chi connectivity index (χ0) is 10.5. The Balaban J connectivity index is -0.000000720. The molecule has 0 radical (unpaired) electrons. The van der Waals surface area contributed by atoms with E-state index in [9.17, 15) is 0 Å². The zero-order valence-corrected chi connectivity index (χ0v) is 13.8. The quantitative estimate of drug-likeness (QED) is 0.486. The maximum atomic E-state index is 5.87. The molecule has 0 unspecified atom stereocenters. The first-order valence-corrected chi connectivity index (χ1v) is 7.57. The van der Waals surface area contributed by atoms with Crippen LogP contribution in [0.4, 0.5) is 0 Å². The Bertz CT molecular complexity index is 135. The van der Waals surface area contributed by atoms with E-state index in [1.54, 1.807) is 0 Å². The van der Waals surface area contributed by atoms with E-state index >= 15 is 0 Å². The molecule has 0 aliphatic heterocycles. The molecule has 0 heterocycles. The number of hydrogen-bond donors (Lipinski definition) is 0. The zero-order valence-electron chi connectivity index (χ0n) is 10.7. The minimum atomic E-state index is -1.94. The van der Waals surface area contributed by atoms with Gasteiger partial charge in [-0.25, -0.2) is 0 Å². The molecule has 0 N–H and O–H groups in total. The van der Waals surface area contributed by atoms with E-state index in [2.05, 4.69) is 41.2 Å². The van der Waals surface area contributed by atoms with Crippen molar-refractivity contribution in [3.05, 3.63) is 6.92 Å². The van der Waals surface area contributed by atoms with Gasteiger partial charge in [0.1, 0.15) is 0 Å². The van der Waals surface area contributed by atoms with Crippen LogP contribution in [0.5, 0.6) is 0 Å². The van der Waals surface area contributed by atoms with E-state index in [-0.39, 0.29) is 47.7 Å². The van der Waals surface area contributed by atoms with Gasteiger partial charge in [-0.05, 0) is 40.3 Å². The van der Waals surface area contributed by atoms with Crippen molar-refractivity contribution in [3.63, 3.8) is 0 Å². The Morgan fingerprint density at radius 1 is 1.07 bits per heavy atom. The summed E-state index contributed by atoms with van der Waals surface area (Å²) in [5, 5.41) is 0. The van der Waals surface area contributed by atoms with Gasteiger partial charge < -0.3 is 28.2 Å². The Morgan fingerprint density at radius 2 is 1.40 bits per heavy atom. The monoisotopic (exact) mass is 262 g/mol. The van der Waals surface area contributed by atoms with Crippen LogP contribution in [0, 0.1) is 6.92 Å². The van der Waals surface area contributed by atoms with Gasteiger partial charge in [-0.2, -0.15) is 6.42 Å². The molecule has 0 aromatic heterocycles. The van der Waals surface area contributed by atoms with E-state index < -0.39 is 8.56 Å². The van der Waals surface area contributed by atoms with Gasteiger partial charge in [-0.1, -0.05) is 0 Å². The van der Waals surface area contributed by atoms with Crippen LogP contribution >= 0.6 is 0 Å². The summed E-state index contributed by atoms with van der Waals surface area (Å²) >= 11 is 0. The second-order valence-corrected chi connectivity index (χ2v) is 7.31. The van der Waals surface area contributed by atoms with Crippen LogP contribution in [-0.4, -0.2) is 43.8 Å². The topological polar surface area (TPSA) is 18.5 Å². The summed E-state index contributed by atoms with van der Waals surface area (Å²) in [7, 11) is -1.94. The van der Waals surface area contributed by atoms with E-state index in [1.165, 1.54) is 0 Å². The maximum Gasteiger partial charge on any atom is 2.00 e. The molecule has 5 heteroatoms. The summed E-state index contributed by atoms with van der Waals surface area (Å²) in [4.78, 5) is 0. The van der Waals surface area contributed by atoms with Crippen molar-refractivity contribution >= 4 is 31.6 Å². The molecule has 0 rings (SSSR count). The minimum absolute atomic E-state index is 0. The average molecular weight is 263 g/mol. The van der Waals surface area contributed by atoms with Gasteiger partial charge in [0.15, 0.2) is 0 Å². The third kappa shape index (κ3) is 11.5. The third-order valence-corrected chi connectivity index (χ3v) is 4.80. The predicted octanol–water partition coefficient (Wildman–Crippen LogP) is -0.244. The van der Waals surface area contributed by atoms with Crippen LogP contribution in [0.1, 0.15) is 34.1 Å². The van der Waals surface area contributed by atoms with Crippen LogP contribution in [0.15, 0.2) is 0 Å². The Hall–Kier alpha value is 1.19. The molecule has 0 aliphatic rings. The summed E-state index contributed by atoms with van der Waals surface area (Å²) in [5.41, 5.74) is 0. The summed E-state index contributed by atoms with van der Waals surface area (Å²) in [5.74, 6) is 0. The van der Waals surface area contributed by atoms with Crippen molar-refractivity contribution in [3.8, 4) is 0 Å². The maximum absolute atomic E-state index is 5.87. The fraction of sp³-hybridized carbons (Fsp3) is 0.900. The Kier molecular flexibility index (Phi) is 14.8. The van der Waals surface area contributed by atoms with Crippen molar-refractivity contribution in [2.24, 2.45) is 0 Å². The molecule has 0 saturated heterocycles. The van der Waals surface area contributed by atoms with Crippen LogP contribution < -0.4 is 12.4 Å². The van der Waals surface area contributed by atoms with E-state index in [0.29, 0.717) is 0 Å². The molecule has 0 bridgehead atoms. The van der Waals surface area contributed by atoms with E-state index in [4.69, 9.17) is 8.85 Å². The van der Waals surface area contributed by atoms with Crippen molar-refractivity contribution in [2.45, 2.75) is 58.9 Å². The van der Waals surface area contributed by atoms with Crippen LogP contribution in [0.2, 0.25) is 12.6 Å². The molecule has 0 aliphatic carbocycles. The van der Waals surface area contributed by atoms with Crippen molar-refractivity contribution < 1.29 is 21.3 Å². The Labute approximate surface area is 118 Å². The number of rotatable bonds is 6. The normalized spacial score (nSPS) is 11.2. The molecule has 2 nitrogen and oxygen atoms in total. The first-order valence-electron chi connectivity index (χ1n) is 5.04. The van der Waals surface area contributed by atoms with Gasteiger partial charge in [0.05, 0.1) is 0 Å². The first-order chi connectivity index (χ1) is 5.89. The molecule has 15 heavy (non-hydrogen) atoms. The molecule has 88 valence electrons. The average Bonchev–Trinajstić information content (AvgIpc) is 1.81. The van der Waals surface area contributed by atoms with Crippen LogP contribution in [-0.2, 0) is 8.85 Å². The van der Waals surface area contributed by atoms with Gasteiger partial charge in [0.25, 0.3) is 0 Å². The number of hydrogen-bond acceptors (Lipinski definition) is 2. The second kappa shape index (κ2) is 10.4. The summed E-state index contributed by atoms with van der Waals surface area (Å²) < 4.78 is 11.7. The SMILES string of the molecule is [CH2-]CC[Si](C)(OC(C)C)OC(C)C.[Cl-].[Mg+2]. The fourth-order valence-corrected chi connectivity index (χ4v) is 4.39. The van der Waals surface area contributed by atoms with Crippen LogP contribution in [0.3, 0.4) is 0 Å². The summed E-state index contributed by atoms with van der Waals surface area (Å²) in [6.45, 7) is 14.2. The van der Waals surface area contributed by atoms with Crippen molar-refractivity contribution in [2.75, 3.05) is 0 Å². The Morgan fingerprint density at radius 3 is 1.60 bits per heavy atom.